The quantitative estimate of drug-likeness (QED) is 0.0936. The van der Waals surface area contributed by atoms with Crippen molar-refractivity contribution in [1.29, 1.82) is 0 Å². The summed E-state index contributed by atoms with van der Waals surface area (Å²) in [6, 6.07) is 0. The van der Waals surface area contributed by atoms with Crippen LogP contribution in [0.1, 0.15) is 144 Å². The summed E-state index contributed by atoms with van der Waals surface area (Å²) in [5.74, 6) is 0. The molecule has 4 aliphatic carbocycles. The number of halogens is 4. The fourth-order valence-electron chi connectivity index (χ4n) is 4.63. The molecule has 0 fully saturated rings. The number of rotatable bonds is 14. The summed E-state index contributed by atoms with van der Waals surface area (Å²) in [6.07, 6.45) is 55.5. The van der Waals surface area contributed by atoms with Gasteiger partial charge in [0.1, 0.15) is 0 Å². The van der Waals surface area contributed by atoms with Gasteiger partial charge in [-0.15, -0.1) is 12.8 Å². The molecule has 0 saturated carbocycles. The normalized spacial score (nSPS) is 16.3. The van der Waals surface area contributed by atoms with Crippen molar-refractivity contribution in [1.82, 2.24) is 0 Å². The molecule has 0 heterocycles. The Bertz CT molecular complexity index is 833. The summed E-state index contributed by atoms with van der Waals surface area (Å²) in [6.45, 7) is 13.1. The average molecular weight is 778 g/mol. The Morgan fingerprint density at radius 3 is 1.11 bits per heavy atom. The molecule has 0 aromatic heterocycles. The molecule has 0 saturated heterocycles. The van der Waals surface area contributed by atoms with Crippen LogP contribution in [0.5, 0.6) is 0 Å². The van der Waals surface area contributed by atoms with Crippen LogP contribution in [-0.2, 0) is 34.1 Å². The molecular formula is C40H60Cl4Ti2-4. The first-order chi connectivity index (χ1) is 22.1. The fourth-order valence-corrected chi connectivity index (χ4v) is 4.63. The Labute approximate surface area is 319 Å². The van der Waals surface area contributed by atoms with Gasteiger partial charge in [0.25, 0.3) is 0 Å². The fraction of sp³-hybridized carbons (Fsp3) is 0.600. The Hall–Kier alpha value is 0.509. The average Bonchev–Trinajstić information content (AvgIpc) is 3.85. The molecule has 260 valence electrons. The number of allylic oxidation sites excluding steroid dienone is 16. The van der Waals surface area contributed by atoms with Crippen molar-refractivity contribution in [3.05, 3.63) is 96.2 Å². The third-order valence-corrected chi connectivity index (χ3v) is 7.26. The second-order valence-electron chi connectivity index (χ2n) is 12.6. The van der Waals surface area contributed by atoms with Gasteiger partial charge in [0, 0.05) is 0 Å². The third kappa shape index (κ3) is 35.8. The van der Waals surface area contributed by atoms with E-state index in [1.807, 2.05) is 24.3 Å². The van der Waals surface area contributed by atoms with Gasteiger partial charge in [-0.25, -0.2) is 47.6 Å². The first-order valence-electron chi connectivity index (χ1n) is 17.1. The van der Waals surface area contributed by atoms with Gasteiger partial charge in [-0.2, -0.15) is 24.3 Å². The van der Waals surface area contributed by atoms with Crippen molar-refractivity contribution in [3.63, 3.8) is 0 Å². The molecule has 0 amide bonds. The van der Waals surface area contributed by atoms with E-state index in [9.17, 15) is 0 Å². The molecule has 46 heavy (non-hydrogen) atoms. The molecule has 4 rings (SSSR count). The summed E-state index contributed by atoms with van der Waals surface area (Å²) in [7, 11) is 19.6. The van der Waals surface area contributed by atoms with Crippen LogP contribution < -0.4 is 0 Å². The molecule has 0 atom stereocenters. The van der Waals surface area contributed by atoms with Gasteiger partial charge in [0.05, 0.1) is 0 Å². The van der Waals surface area contributed by atoms with Crippen LogP contribution in [0.25, 0.3) is 0 Å². The molecule has 0 nitrogen and oxygen atoms in total. The van der Waals surface area contributed by atoms with Gasteiger partial charge < -0.3 is 0 Å². The van der Waals surface area contributed by atoms with E-state index in [2.05, 4.69) is 102 Å². The van der Waals surface area contributed by atoms with Gasteiger partial charge in [0.2, 0.25) is 0 Å². The van der Waals surface area contributed by atoms with Crippen LogP contribution in [0.3, 0.4) is 0 Å². The van der Waals surface area contributed by atoms with Crippen molar-refractivity contribution >= 4 is 37.2 Å². The molecule has 0 bridgehead atoms. The van der Waals surface area contributed by atoms with E-state index >= 15 is 0 Å². The summed E-state index contributed by atoms with van der Waals surface area (Å²) in [5.41, 5.74) is 3.30. The molecule has 0 aromatic rings. The molecule has 0 radical (unpaired) electrons. The summed E-state index contributed by atoms with van der Waals surface area (Å²) in [5, 5.41) is 0. The van der Waals surface area contributed by atoms with Crippen LogP contribution in [0.2, 0.25) is 0 Å². The van der Waals surface area contributed by atoms with Crippen LogP contribution in [-0.4, -0.2) is 0 Å². The Balaban J connectivity index is 0. The number of hydrogen-bond donors (Lipinski definition) is 0. The number of hydrogen-bond acceptors (Lipinski definition) is 0. The molecule has 0 unspecified atom stereocenters. The molecule has 0 aliphatic heterocycles. The van der Waals surface area contributed by atoms with E-state index in [4.69, 9.17) is 37.2 Å². The summed E-state index contributed by atoms with van der Waals surface area (Å²) >= 11 is -1.11. The minimum absolute atomic E-state index is 0.208. The van der Waals surface area contributed by atoms with Gasteiger partial charge in [-0.05, 0) is 0 Å². The predicted molar refractivity (Wildman–Crippen MR) is 202 cm³/mol. The van der Waals surface area contributed by atoms with E-state index in [1.165, 1.54) is 101 Å². The second-order valence-corrected chi connectivity index (χ2v) is 17.7. The Morgan fingerprint density at radius 1 is 0.565 bits per heavy atom. The van der Waals surface area contributed by atoms with Gasteiger partial charge in [-0.3, -0.25) is 24.3 Å². The monoisotopic (exact) mass is 776 g/mol. The van der Waals surface area contributed by atoms with E-state index in [1.54, 1.807) is 0 Å². The Morgan fingerprint density at radius 2 is 0.891 bits per heavy atom. The molecule has 4 aliphatic rings. The molecule has 0 aromatic carbocycles. The van der Waals surface area contributed by atoms with Gasteiger partial charge in [-0.1, -0.05) is 142 Å². The van der Waals surface area contributed by atoms with Crippen LogP contribution in [0.4, 0.5) is 0 Å². The van der Waals surface area contributed by atoms with E-state index < -0.39 is 34.1 Å². The maximum atomic E-state index is 4.89. The van der Waals surface area contributed by atoms with Gasteiger partial charge >= 0.3 is 71.3 Å². The van der Waals surface area contributed by atoms with E-state index in [0.717, 1.165) is 12.8 Å². The first-order valence-corrected chi connectivity index (χ1v) is 25.7. The minimum atomic E-state index is -0.556. The third-order valence-electron chi connectivity index (χ3n) is 7.26. The maximum absolute atomic E-state index is 4.89. The van der Waals surface area contributed by atoms with E-state index in [0.29, 0.717) is 0 Å². The summed E-state index contributed by atoms with van der Waals surface area (Å²) < 4.78 is 0. The van der Waals surface area contributed by atoms with Crippen molar-refractivity contribution in [2.45, 2.75) is 144 Å². The Kier molecular flexibility index (Phi) is 37.4. The van der Waals surface area contributed by atoms with E-state index in [-0.39, 0.29) is 10.8 Å². The zero-order valence-corrected chi connectivity index (χ0v) is 35.7. The van der Waals surface area contributed by atoms with Crippen LogP contribution >= 0.6 is 37.2 Å². The van der Waals surface area contributed by atoms with Crippen molar-refractivity contribution in [3.8, 4) is 0 Å². The molecule has 6 heteroatoms. The van der Waals surface area contributed by atoms with Crippen LogP contribution in [0.15, 0.2) is 71.9 Å². The zero-order valence-electron chi connectivity index (χ0n) is 29.6. The predicted octanol–water partition coefficient (Wildman–Crippen LogP) is 15.5. The molecule has 0 spiro atoms. The first kappa shape index (κ1) is 48.6. The van der Waals surface area contributed by atoms with Crippen molar-refractivity contribution < 1.29 is 34.1 Å². The molecule has 0 N–H and O–H groups in total. The zero-order chi connectivity index (χ0) is 34.8. The van der Waals surface area contributed by atoms with Crippen molar-refractivity contribution in [2.75, 3.05) is 0 Å². The molecular weight excluding hydrogens is 718 g/mol. The SMILES string of the molecule is CC1(C)[C-]=CC=C1.CC1(C)[C-]=CC=C1.CCCCCCCCC1=[C-]CC=C1.CCCCCCCCC1=[C-]CC=C1.[Cl][Ti][Cl].[Cl][Ti][Cl]. The topological polar surface area (TPSA) is 0 Å². The van der Waals surface area contributed by atoms with Crippen LogP contribution in [0, 0.1) is 35.1 Å². The second kappa shape index (κ2) is 35.3. The summed E-state index contributed by atoms with van der Waals surface area (Å²) in [4.78, 5) is 0. The number of unbranched alkanes of at least 4 members (excludes halogenated alkanes) is 10. The van der Waals surface area contributed by atoms with Crippen molar-refractivity contribution in [2.24, 2.45) is 10.8 Å². The van der Waals surface area contributed by atoms with Gasteiger partial charge in [0.15, 0.2) is 0 Å². The standard InChI is InChI=1S/2C13H21.2C7H9.4ClH.2Ti/c2*1-2-3-4-5-6-7-10-13-11-8-9-12-13;2*1-7(2)5-3-4-6-7;;;;;;/h2*8,11H,2-7,9-10H2,1H3;2*3-5H,1-2H3;4*1H;;/q4*-1;;;;;2*+2/p-4.